The quantitative estimate of drug-likeness (QED) is 0.562. The molecule has 1 saturated heterocycles. The minimum atomic E-state index is -4.34. The number of aromatic amines is 1. The molecule has 2 aromatic rings. The van der Waals surface area contributed by atoms with E-state index in [9.17, 15) is 13.2 Å². The molecule has 1 saturated carbocycles. The van der Waals surface area contributed by atoms with Crippen molar-refractivity contribution >= 4 is 23.2 Å². The molecule has 10 heteroatoms. The van der Waals surface area contributed by atoms with E-state index in [1.54, 1.807) is 17.3 Å². The topological polar surface area (TPSA) is 61.8 Å². The van der Waals surface area contributed by atoms with Gasteiger partial charge < -0.3 is 10.2 Å². The minimum absolute atomic E-state index is 0.0478. The summed E-state index contributed by atoms with van der Waals surface area (Å²) < 4.78 is 43.4. The maximum absolute atomic E-state index is 13.9. The molecule has 2 N–H and O–H groups in total. The van der Waals surface area contributed by atoms with Crippen LogP contribution in [0.2, 0.25) is 0 Å². The lowest BCUT2D eigenvalue weighted by atomic mass is 9.87. The number of benzene rings is 1. The van der Waals surface area contributed by atoms with Crippen molar-refractivity contribution in [1.82, 2.24) is 24.6 Å². The Labute approximate surface area is 206 Å². The molecule has 2 fully saturated rings. The molecule has 2 atom stereocenters. The molecule has 0 spiro atoms. The predicted octanol–water partition coefficient (Wildman–Crippen LogP) is 5.57. The zero-order chi connectivity index (χ0) is 24.7. The van der Waals surface area contributed by atoms with E-state index in [0.29, 0.717) is 28.2 Å². The summed E-state index contributed by atoms with van der Waals surface area (Å²) in [5.74, 6) is 0.920. The van der Waals surface area contributed by atoms with Crippen molar-refractivity contribution in [2.75, 3.05) is 11.1 Å². The first-order valence-electron chi connectivity index (χ1n) is 11.5. The van der Waals surface area contributed by atoms with Crippen LogP contribution in [0.15, 0.2) is 71.9 Å². The van der Waals surface area contributed by atoms with Crippen LogP contribution in [0.3, 0.4) is 0 Å². The van der Waals surface area contributed by atoms with E-state index >= 15 is 0 Å². The first kappa shape index (κ1) is 23.6. The summed E-state index contributed by atoms with van der Waals surface area (Å²) in [6, 6.07) is 7.83. The smallest absolute Gasteiger partial charge is 0.361 e. The molecule has 35 heavy (non-hydrogen) atoms. The van der Waals surface area contributed by atoms with Gasteiger partial charge in [0.25, 0.3) is 0 Å². The van der Waals surface area contributed by atoms with Gasteiger partial charge in [0.05, 0.1) is 16.8 Å². The van der Waals surface area contributed by atoms with E-state index < -0.39 is 12.2 Å². The van der Waals surface area contributed by atoms with E-state index in [2.05, 4.69) is 27.0 Å². The highest BCUT2D eigenvalue weighted by atomic mass is 32.2. The first-order chi connectivity index (χ1) is 16.7. The van der Waals surface area contributed by atoms with Crippen LogP contribution < -0.4 is 5.32 Å². The third-order valence-electron chi connectivity index (χ3n) is 6.47. The molecule has 3 aliphatic rings. The number of thioether (sulfide) groups is 1. The highest BCUT2D eigenvalue weighted by Crippen LogP contribution is 2.51. The number of anilines is 1. The standard InChI is InChI=1S/C25H27F3N6S/c1-15-24(30-14-33(3)31-13-29-15)32-23(18-9-10-18)19-11-21-34(20(12-35-21)25(26,27)28)16(2)22(19)17-7-5-4-6-8-17/h4-8,11,13-14,18,20,23,32H,2,9-10,12H2,1,3H3,(H,29,31). The van der Waals surface area contributed by atoms with Gasteiger partial charge in [0.1, 0.15) is 24.5 Å². The number of fused-ring (bicyclic) bond motifs is 1. The molecule has 0 bridgehead atoms. The summed E-state index contributed by atoms with van der Waals surface area (Å²) in [7, 11) is 1.82. The van der Waals surface area contributed by atoms with Gasteiger partial charge in [-0.05, 0) is 42.9 Å². The van der Waals surface area contributed by atoms with Crippen LogP contribution in [0.5, 0.6) is 0 Å². The van der Waals surface area contributed by atoms with Gasteiger partial charge >= 0.3 is 6.18 Å². The molecule has 1 aromatic carbocycles. The van der Waals surface area contributed by atoms with Crippen LogP contribution in [0.25, 0.3) is 5.57 Å². The average molecular weight is 501 g/mol. The number of nitrogens with zero attached hydrogens (tertiary/aromatic N) is 4. The fourth-order valence-corrected chi connectivity index (χ4v) is 5.78. The largest absolute Gasteiger partial charge is 0.409 e. The van der Waals surface area contributed by atoms with Crippen molar-refractivity contribution < 1.29 is 13.2 Å². The number of rotatable bonds is 5. The van der Waals surface area contributed by atoms with E-state index in [-0.39, 0.29) is 11.8 Å². The summed E-state index contributed by atoms with van der Waals surface area (Å²) in [5.41, 5.74) is 3.63. The Morgan fingerprint density at radius 1 is 1.20 bits per heavy atom. The number of aryl methyl sites for hydroxylation is 2. The molecular weight excluding hydrogens is 473 g/mol. The summed E-state index contributed by atoms with van der Waals surface area (Å²) in [5, 5.41) is 7.14. The van der Waals surface area contributed by atoms with Gasteiger partial charge in [-0.15, -0.1) is 11.8 Å². The number of alkyl halides is 3. The van der Waals surface area contributed by atoms with Gasteiger partial charge in [-0.2, -0.15) is 13.2 Å². The molecule has 0 amide bonds. The molecular formula is C25H27F3N6S. The SMILES string of the molecule is C=C1C(c2ccccc2)=C(C(Nc2ncn(C)[nH]cnc2C)C2CC2)C=C2SCC(C(F)(F)F)N12. The molecule has 5 rings (SSSR count). The number of hydrogen-bond donors (Lipinski definition) is 2. The Morgan fingerprint density at radius 3 is 2.63 bits per heavy atom. The van der Waals surface area contributed by atoms with Gasteiger partial charge in [0.15, 0.2) is 0 Å². The van der Waals surface area contributed by atoms with Gasteiger partial charge in [-0.3, -0.25) is 9.78 Å². The lowest BCUT2D eigenvalue weighted by molar-refractivity contribution is -0.164. The highest BCUT2D eigenvalue weighted by Gasteiger charge is 2.51. The molecule has 2 unspecified atom stereocenters. The molecule has 2 aliphatic heterocycles. The van der Waals surface area contributed by atoms with Crippen LogP contribution in [-0.2, 0) is 7.05 Å². The molecule has 1 aliphatic carbocycles. The normalized spacial score (nSPS) is 20.9. The van der Waals surface area contributed by atoms with E-state index in [1.807, 2.05) is 50.4 Å². The predicted molar refractivity (Wildman–Crippen MR) is 133 cm³/mol. The number of nitrogens with one attached hydrogen (secondary N) is 2. The fourth-order valence-electron chi connectivity index (χ4n) is 4.53. The summed E-state index contributed by atoms with van der Waals surface area (Å²) in [4.78, 5) is 10.4. The second-order valence-electron chi connectivity index (χ2n) is 9.00. The Morgan fingerprint density at radius 2 is 1.94 bits per heavy atom. The number of H-pyrrole nitrogens is 1. The number of aromatic nitrogens is 4. The Kier molecular flexibility index (Phi) is 6.16. The molecule has 184 valence electrons. The lowest BCUT2D eigenvalue weighted by Crippen LogP contribution is -2.43. The fraction of sp³-hybridized carbons (Fsp3) is 0.360. The van der Waals surface area contributed by atoms with Crippen molar-refractivity contribution in [1.29, 1.82) is 0 Å². The van der Waals surface area contributed by atoms with Gasteiger partial charge in [0, 0.05) is 24.1 Å². The van der Waals surface area contributed by atoms with Crippen LogP contribution >= 0.6 is 11.8 Å². The first-order valence-corrected chi connectivity index (χ1v) is 12.4. The van der Waals surface area contributed by atoms with Gasteiger partial charge in [0.2, 0.25) is 0 Å². The van der Waals surface area contributed by atoms with Crippen LogP contribution in [-0.4, -0.2) is 48.7 Å². The zero-order valence-corrected chi connectivity index (χ0v) is 20.3. The second kappa shape index (κ2) is 9.14. The maximum atomic E-state index is 13.9. The second-order valence-corrected chi connectivity index (χ2v) is 10.0. The van der Waals surface area contributed by atoms with Gasteiger partial charge in [-0.25, -0.2) is 9.97 Å². The van der Waals surface area contributed by atoms with Crippen molar-refractivity contribution in [2.24, 2.45) is 13.0 Å². The highest BCUT2D eigenvalue weighted by molar-refractivity contribution is 8.03. The van der Waals surface area contributed by atoms with Crippen molar-refractivity contribution in [3.63, 3.8) is 0 Å². The average Bonchev–Trinajstić information content (AvgIpc) is 3.55. The van der Waals surface area contributed by atoms with Crippen LogP contribution in [0, 0.1) is 12.8 Å². The number of allylic oxidation sites excluding steroid dienone is 1. The summed E-state index contributed by atoms with van der Waals surface area (Å²) in [6.45, 7) is 6.07. The lowest BCUT2D eigenvalue weighted by Gasteiger charge is -2.37. The van der Waals surface area contributed by atoms with Crippen LogP contribution in [0.1, 0.15) is 24.1 Å². The monoisotopic (exact) mass is 500 g/mol. The molecule has 1 aromatic heterocycles. The van der Waals surface area contributed by atoms with Crippen molar-refractivity contribution in [3.8, 4) is 0 Å². The zero-order valence-electron chi connectivity index (χ0n) is 19.5. The molecule has 0 radical (unpaired) electrons. The van der Waals surface area contributed by atoms with Crippen LogP contribution in [0.4, 0.5) is 19.0 Å². The minimum Gasteiger partial charge on any atom is -0.361 e. The van der Waals surface area contributed by atoms with Crippen molar-refractivity contribution in [3.05, 3.63) is 83.2 Å². The Bertz CT molecular complexity index is 1240. The number of halogens is 3. The summed E-state index contributed by atoms with van der Waals surface area (Å²) >= 11 is 1.23. The Balaban J connectivity index is 1.64. The van der Waals surface area contributed by atoms with E-state index in [0.717, 1.165) is 29.6 Å². The third kappa shape index (κ3) is 4.71. The van der Waals surface area contributed by atoms with E-state index in [4.69, 9.17) is 0 Å². The van der Waals surface area contributed by atoms with Crippen molar-refractivity contribution in [2.45, 2.75) is 38.0 Å². The van der Waals surface area contributed by atoms with Gasteiger partial charge in [-0.1, -0.05) is 36.9 Å². The third-order valence-corrected chi connectivity index (χ3v) is 7.56. The number of hydrogen-bond acceptors (Lipinski definition) is 5. The summed E-state index contributed by atoms with van der Waals surface area (Å²) in [6.07, 6.45) is 2.89. The maximum Gasteiger partial charge on any atom is 0.409 e. The Hall–Kier alpha value is -3.14. The van der Waals surface area contributed by atoms with E-state index in [1.165, 1.54) is 16.7 Å². The molecule has 6 nitrogen and oxygen atoms in total. The molecule has 3 heterocycles.